The van der Waals surface area contributed by atoms with E-state index in [4.69, 9.17) is 5.73 Å². The zero-order valence-corrected chi connectivity index (χ0v) is 12.1. The number of aryl methyl sites for hydroxylation is 1. The van der Waals surface area contributed by atoms with Crippen molar-refractivity contribution in [1.29, 1.82) is 0 Å². The maximum Gasteiger partial charge on any atom is 0.227 e. The molecule has 1 amide bonds. The first-order valence-electron chi connectivity index (χ1n) is 7.09. The van der Waals surface area contributed by atoms with Gasteiger partial charge in [-0.25, -0.2) is 0 Å². The second-order valence-corrected chi connectivity index (χ2v) is 5.74. The van der Waals surface area contributed by atoms with Gasteiger partial charge in [-0.15, -0.1) is 0 Å². The van der Waals surface area contributed by atoms with Gasteiger partial charge in [-0.3, -0.25) is 4.79 Å². The highest BCUT2D eigenvalue weighted by Gasteiger charge is 2.33. The number of carbonyl (C=O) groups is 1. The number of nitrogens with two attached hydrogens (primary N) is 1. The Kier molecular flexibility index (Phi) is 4.25. The summed E-state index contributed by atoms with van der Waals surface area (Å²) in [5.74, 6) is 0.205. The summed E-state index contributed by atoms with van der Waals surface area (Å²) in [7, 11) is 1.89. The molecule has 104 valence electrons. The molecule has 1 saturated carbocycles. The van der Waals surface area contributed by atoms with Crippen molar-refractivity contribution in [3.8, 4) is 0 Å². The summed E-state index contributed by atoms with van der Waals surface area (Å²) in [4.78, 5) is 14.3. The normalized spacial score (nSPS) is 24.2. The topological polar surface area (TPSA) is 46.3 Å². The van der Waals surface area contributed by atoms with Crippen molar-refractivity contribution in [2.75, 3.05) is 7.05 Å². The molecule has 1 fully saturated rings. The highest BCUT2D eigenvalue weighted by atomic mass is 16.2. The lowest BCUT2D eigenvalue weighted by Gasteiger charge is -2.29. The second kappa shape index (κ2) is 5.74. The van der Waals surface area contributed by atoms with Crippen molar-refractivity contribution >= 4 is 5.91 Å². The van der Waals surface area contributed by atoms with Crippen molar-refractivity contribution in [1.82, 2.24) is 4.90 Å². The van der Waals surface area contributed by atoms with Crippen molar-refractivity contribution in [3.05, 3.63) is 35.4 Å². The summed E-state index contributed by atoms with van der Waals surface area (Å²) in [6, 6.07) is 8.51. The molecule has 1 aromatic carbocycles. The minimum Gasteiger partial charge on any atom is -0.339 e. The van der Waals surface area contributed by atoms with Gasteiger partial charge in [0.15, 0.2) is 0 Å². The van der Waals surface area contributed by atoms with E-state index in [1.807, 2.05) is 11.9 Å². The van der Waals surface area contributed by atoms with Crippen LogP contribution in [0.15, 0.2) is 24.3 Å². The van der Waals surface area contributed by atoms with E-state index in [1.165, 1.54) is 11.1 Å². The average molecular weight is 260 g/mol. The van der Waals surface area contributed by atoms with Crippen molar-refractivity contribution in [2.45, 2.75) is 45.2 Å². The van der Waals surface area contributed by atoms with Crippen LogP contribution in [0.2, 0.25) is 0 Å². The Morgan fingerprint density at radius 3 is 2.47 bits per heavy atom. The van der Waals surface area contributed by atoms with Crippen molar-refractivity contribution in [2.24, 2.45) is 11.7 Å². The molecule has 2 N–H and O–H groups in total. The fourth-order valence-electron chi connectivity index (χ4n) is 2.82. The first kappa shape index (κ1) is 14.1. The van der Waals surface area contributed by atoms with Crippen LogP contribution in [0.1, 0.15) is 43.4 Å². The van der Waals surface area contributed by atoms with Crippen LogP contribution < -0.4 is 5.73 Å². The molecule has 3 nitrogen and oxygen atoms in total. The monoisotopic (exact) mass is 260 g/mol. The Morgan fingerprint density at radius 1 is 1.32 bits per heavy atom. The zero-order chi connectivity index (χ0) is 14.0. The lowest BCUT2D eigenvalue weighted by molar-refractivity contribution is -0.136. The second-order valence-electron chi connectivity index (χ2n) is 5.74. The van der Waals surface area contributed by atoms with Crippen LogP contribution >= 0.6 is 0 Å². The maximum atomic E-state index is 12.5. The molecular weight excluding hydrogens is 236 g/mol. The van der Waals surface area contributed by atoms with E-state index < -0.39 is 0 Å². The number of carbonyl (C=O) groups excluding carboxylic acids is 1. The molecule has 0 spiro atoms. The number of rotatable bonds is 3. The Morgan fingerprint density at radius 2 is 1.95 bits per heavy atom. The number of hydrogen-bond donors (Lipinski definition) is 1. The van der Waals surface area contributed by atoms with Crippen LogP contribution in [0.25, 0.3) is 0 Å². The smallest absolute Gasteiger partial charge is 0.227 e. The van der Waals surface area contributed by atoms with Gasteiger partial charge in [0, 0.05) is 13.1 Å². The molecule has 0 radical (unpaired) electrons. The van der Waals surface area contributed by atoms with E-state index in [0.717, 1.165) is 19.3 Å². The Balaban J connectivity index is 2.08. The molecule has 3 atom stereocenters. The molecule has 3 heteroatoms. The zero-order valence-electron chi connectivity index (χ0n) is 12.1. The third kappa shape index (κ3) is 2.98. The van der Waals surface area contributed by atoms with Gasteiger partial charge in [-0.2, -0.15) is 0 Å². The molecule has 1 aromatic rings. The molecule has 1 aliphatic carbocycles. The van der Waals surface area contributed by atoms with Gasteiger partial charge in [-0.1, -0.05) is 36.2 Å². The first-order chi connectivity index (χ1) is 9.00. The quantitative estimate of drug-likeness (QED) is 0.908. The van der Waals surface area contributed by atoms with Gasteiger partial charge in [0.2, 0.25) is 5.91 Å². The first-order valence-corrected chi connectivity index (χ1v) is 7.09. The van der Waals surface area contributed by atoms with E-state index in [2.05, 4.69) is 38.1 Å². The fraction of sp³-hybridized carbons (Fsp3) is 0.562. The number of amides is 1. The molecule has 19 heavy (non-hydrogen) atoms. The van der Waals surface area contributed by atoms with Gasteiger partial charge in [0.1, 0.15) is 0 Å². The lowest BCUT2D eigenvalue weighted by Crippen LogP contribution is -2.40. The predicted molar refractivity (Wildman–Crippen MR) is 77.7 cm³/mol. The SMILES string of the molecule is Cc1ccc(C(C)N(C)C(=O)C2CCCC2N)cc1. The summed E-state index contributed by atoms with van der Waals surface area (Å²) >= 11 is 0. The van der Waals surface area contributed by atoms with E-state index in [1.54, 1.807) is 0 Å². The average Bonchev–Trinajstić information content (AvgIpc) is 2.83. The predicted octanol–water partition coefficient (Wildman–Crippen LogP) is 2.64. The van der Waals surface area contributed by atoms with Gasteiger partial charge in [0.05, 0.1) is 12.0 Å². The van der Waals surface area contributed by atoms with Crippen LogP contribution in [0, 0.1) is 12.8 Å². The highest BCUT2D eigenvalue weighted by molar-refractivity contribution is 5.80. The van der Waals surface area contributed by atoms with Crippen LogP contribution in [0.4, 0.5) is 0 Å². The van der Waals surface area contributed by atoms with Crippen LogP contribution in [0.3, 0.4) is 0 Å². The van der Waals surface area contributed by atoms with Gasteiger partial charge >= 0.3 is 0 Å². The number of hydrogen-bond acceptors (Lipinski definition) is 2. The van der Waals surface area contributed by atoms with E-state index in [-0.39, 0.29) is 23.9 Å². The van der Waals surface area contributed by atoms with Gasteiger partial charge < -0.3 is 10.6 Å². The molecule has 0 aromatic heterocycles. The van der Waals surface area contributed by atoms with Crippen LogP contribution in [0.5, 0.6) is 0 Å². The molecule has 0 bridgehead atoms. The Bertz CT molecular complexity index is 441. The van der Waals surface area contributed by atoms with Crippen LogP contribution in [-0.2, 0) is 4.79 Å². The van der Waals surface area contributed by atoms with E-state index in [0.29, 0.717) is 0 Å². The minimum atomic E-state index is 0.0119. The summed E-state index contributed by atoms with van der Waals surface area (Å²) in [6.45, 7) is 4.14. The number of benzene rings is 1. The lowest BCUT2D eigenvalue weighted by atomic mass is 10.00. The summed E-state index contributed by atoms with van der Waals surface area (Å²) in [5.41, 5.74) is 8.44. The molecule has 1 aliphatic rings. The standard InChI is InChI=1S/C16H24N2O/c1-11-7-9-13(10-8-11)12(2)18(3)16(19)14-5-4-6-15(14)17/h7-10,12,14-15H,4-6,17H2,1-3H3. The van der Waals surface area contributed by atoms with E-state index in [9.17, 15) is 4.79 Å². The van der Waals surface area contributed by atoms with Crippen LogP contribution in [-0.4, -0.2) is 23.9 Å². The van der Waals surface area contributed by atoms with E-state index >= 15 is 0 Å². The molecule has 2 rings (SSSR count). The summed E-state index contributed by atoms with van der Waals surface area (Å²) < 4.78 is 0. The van der Waals surface area contributed by atoms with Crippen molar-refractivity contribution in [3.63, 3.8) is 0 Å². The van der Waals surface area contributed by atoms with Gasteiger partial charge in [-0.05, 0) is 32.3 Å². The molecular formula is C16H24N2O. The fourth-order valence-corrected chi connectivity index (χ4v) is 2.82. The molecule has 0 aliphatic heterocycles. The third-order valence-corrected chi connectivity index (χ3v) is 4.37. The summed E-state index contributed by atoms with van der Waals surface area (Å²) in [5, 5.41) is 0. The van der Waals surface area contributed by atoms with Gasteiger partial charge in [0.25, 0.3) is 0 Å². The minimum absolute atomic E-state index is 0.0119. The number of nitrogens with zero attached hydrogens (tertiary/aromatic N) is 1. The third-order valence-electron chi connectivity index (χ3n) is 4.37. The Labute approximate surface area is 115 Å². The van der Waals surface area contributed by atoms with Crippen molar-refractivity contribution < 1.29 is 4.79 Å². The molecule has 3 unspecified atom stereocenters. The Hall–Kier alpha value is -1.35. The summed E-state index contributed by atoms with van der Waals surface area (Å²) in [6.07, 6.45) is 2.98. The maximum absolute atomic E-state index is 12.5. The highest BCUT2D eigenvalue weighted by Crippen LogP contribution is 2.28. The molecule has 0 heterocycles. The largest absolute Gasteiger partial charge is 0.339 e. The molecule has 0 saturated heterocycles.